The van der Waals surface area contributed by atoms with Crippen molar-refractivity contribution in [3.8, 4) is 11.5 Å². The van der Waals surface area contributed by atoms with Crippen molar-refractivity contribution >= 4 is 67.2 Å². The quantitative estimate of drug-likeness (QED) is 0.432. The average molecular weight is 511 g/mol. The van der Waals surface area contributed by atoms with E-state index in [1.807, 2.05) is 0 Å². The number of aromatic hydroxyl groups is 1. The molecule has 0 aromatic heterocycles. The number of benzene rings is 2. The molecule has 0 saturated heterocycles. The minimum Gasteiger partial charge on any atom is -0.506 e. The van der Waals surface area contributed by atoms with Crippen molar-refractivity contribution in [2.75, 3.05) is 0 Å². The maximum atomic E-state index is 12.0. The molecule has 132 valence electrons. The van der Waals surface area contributed by atoms with Gasteiger partial charge in [0, 0.05) is 5.02 Å². The number of rotatable bonds is 5. The van der Waals surface area contributed by atoms with Crippen LogP contribution in [0.3, 0.4) is 0 Å². The Labute approximate surface area is 171 Å². The SMILES string of the molecule is CC(Oc1ccc(Cl)cc1Cl)C(=O)N/N=C\c1cc(Br)c(O)c(Br)c1. The van der Waals surface area contributed by atoms with Gasteiger partial charge in [-0.15, -0.1) is 0 Å². The van der Waals surface area contributed by atoms with Crippen molar-refractivity contribution in [1.29, 1.82) is 0 Å². The van der Waals surface area contributed by atoms with Gasteiger partial charge in [0.1, 0.15) is 11.5 Å². The first kappa shape index (κ1) is 20.0. The fourth-order valence-corrected chi connectivity index (χ4v) is 3.41. The van der Waals surface area contributed by atoms with Crippen LogP contribution in [0.25, 0.3) is 0 Å². The van der Waals surface area contributed by atoms with Crippen LogP contribution in [0.4, 0.5) is 0 Å². The molecule has 25 heavy (non-hydrogen) atoms. The molecular weight excluding hydrogens is 499 g/mol. The molecule has 0 aliphatic heterocycles. The van der Waals surface area contributed by atoms with Gasteiger partial charge in [0.25, 0.3) is 5.91 Å². The number of amides is 1. The second kappa shape index (κ2) is 8.89. The molecule has 2 rings (SSSR count). The van der Waals surface area contributed by atoms with E-state index in [-0.39, 0.29) is 5.75 Å². The third-order valence-corrected chi connectivity index (χ3v) is 4.73. The molecule has 0 aliphatic carbocycles. The minimum absolute atomic E-state index is 0.0862. The second-order valence-electron chi connectivity index (χ2n) is 4.90. The van der Waals surface area contributed by atoms with Crippen molar-refractivity contribution in [1.82, 2.24) is 5.43 Å². The number of carbonyl (C=O) groups excluding carboxylic acids is 1. The standard InChI is InChI=1S/C16H12Br2Cl2N2O3/c1-8(25-14-3-2-10(19)6-13(14)20)16(24)22-21-7-9-4-11(17)15(23)12(18)5-9/h2-8,23H,1H3,(H,22,24)/b21-7-. The lowest BCUT2D eigenvalue weighted by molar-refractivity contribution is -0.127. The van der Waals surface area contributed by atoms with Crippen LogP contribution in [0.1, 0.15) is 12.5 Å². The Bertz CT molecular complexity index is 808. The monoisotopic (exact) mass is 508 g/mol. The summed E-state index contributed by atoms with van der Waals surface area (Å²) in [6.45, 7) is 1.57. The number of ether oxygens (including phenoxy) is 1. The third-order valence-electron chi connectivity index (χ3n) is 2.99. The molecule has 0 radical (unpaired) electrons. The Kier molecular flexibility index (Phi) is 7.13. The maximum Gasteiger partial charge on any atom is 0.280 e. The number of nitrogens with zero attached hydrogens (tertiary/aromatic N) is 1. The molecule has 0 fully saturated rings. The lowest BCUT2D eigenvalue weighted by Gasteiger charge is -2.14. The fraction of sp³-hybridized carbons (Fsp3) is 0.125. The Morgan fingerprint density at radius 1 is 1.28 bits per heavy atom. The predicted molar refractivity (Wildman–Crippen MR) is 106 cm³/mol. The van der Waals surface area contributed by atoms with E-state index in [9.17, 15) is 9.90 Å². The first-order chi connectivity index (χ1) is 11.8. The smallest absolute Gasteiger partial charge is 0.280 e. The number of phenolic OH excluding ortho intramolecular Hbond substituents is 1. The molecule has 0 bridgehead atoms. The van der Waals surface area contributed by atoms with Crippen molar-refractivity contribution in [2.45, 2.75) is 13.0 Å². The van der Waals surface area contributed by atoms with Gasteiger partial charge in [0.2, 0.25) is 0 Å². The van der Waals surface area contributed by atoms with Gasteiger partial charge in [-0.2, -0.15) is 5.10 Å². The van der Waals surface area contributed by atoms with Gasteiger partial charge in [-0.3, -0.25) is 4.79 Å². The van der Waals surface area contributed by atoms with Crippen LogP contribution in [0, 0.1) is 0 Å². The summed E-state index contributed by atoms with van der Waals surface area (Å²) in [5.41, 5.74) is 3.05. The van der Waals surface area contributed by atoms with Gasteiger partial charge >= 0.3 is 0 Å². The highest BCUT2D eigenvalue weighted by Crippen LogP contribution is 2.32. The molecule has 5 nitrogen and oxygen atoms in total. The Morgan fingerprint density at radius 3 is 2.52 bits per heavy atom. The van der Waals surface area contributed by atoms with Crippen LogP contribution >= 0.6 is 55.1 Å². The van der Waals surface area contributed by atoms with Crippen LogP contribution in [0.2, 0.25) is 10.0 Å². The normalized spacial score (nSPS) is 12.2. The summed E-state index contributed by atoms with van der Waals surface area (Å²) < 4.78 is 6.50. The summed E-state index contributed by atoms with van der Waals surface area (Å²) in [6, 6.07) is 8.05. The van der Waals surface area contributed by atoms with Crippen LogP contribution in [0.15, 0.2) is 44.4 Å². The van der Waals surface area contributed by atoms with Gasteiger partial charge in [0.05, 0.1) is 20.2 Å². The van der Waals surface area contributed by atoms with Crippen LogP contribution in [-0.4, -0.2) is 23.3 Å². The topological polar surface area (TPSA) is 70.9 Å². The molecule has 0 saturated carbocycles. The Balaban J connectivity index is 1.97. The van der Waals surface area contributed by atoms with Gasteiger partial charge in [-0.1, -0.05) is 23.2 Å². The molecule has 9 heteroatoms. The van der Waals surface area contributed by atoms with Crippen molar-refractivity contribution < 1.29 is 14.6 Å². The molecule has 2 N–H and O–H groups in total. The number of halogens is 4. The number of hydrogen-bond donors (Lipinski definition) is 2. The summed E-state index contributed by atoms with van der Waals surface area (Å²) in [7, 11) is 0. The van der Waals surface area contributed by atoms with Crippen LogP contribution in [0.5, 0.6) is 11.5 Å². The molecule has 2 aromatic carbocycles. The average Bonchev–Trinajstić information content (AvgIpc) is 2.54. The number of carbonyl (C=O) groups is 1. The zero-order valence-corrected chi connectivity index (χ0v) is 17.4. The summed E-state index contributed by atoms with van der Waals surface area (Å²) in [5, 5.41) is 14.3. The van der Waals surface area contributed by atoms with E-state index in [2.05, 4.69) is 42.4 Å². The summed E-state index contributed by atoms with van der Waals surface area (Å²) in [6.07, 6.45) is 0.628. The molecule has 1 amide bonds. The van der Waals surface area contributed by atoms with E-state index < -0.39 is 12.0 Å². The number of hydrogen-bond acceptors (Lipinski definition) is 4. The molecular formula is C16H12Br2Cl2N2O3. The molecule has 1 unspecified atom stereocenters. The lowest BCUT2D eigenvalue weighted by Crippen LogP contribution is -2.33. The largest absolute Gasteiger partial charge is 0.506 e. The van der Waals surface area contributed by atoms with Gasteiger partial charge in [-0.25, -0.2) is 5.43 Å². The second-order valence-corrected chi connectivity index (χ2v) is 7.45. The van der Waals surface area contributed by atoms with Gasteiger partial charge < -0.3 is 9.84 Å². The number of nitrogens with one attached hydrogen (secondary N) is 1. The van der Waals surface area contributed by atoms with E-state index in [1.165, 1.54) is 12.3 Å². The maximum absolute atomic E-state index is 12.0. The molecule has 0 spiro atoms. The summed E-state index contributed by atoms with van der Waals surface area (Å²) >= 11 is 18.3. The molecule has 0 aliphatic rings. The summed E-state index contributed by atoms with van der Waals surface area (Å²) in [4.78, 5) is 12.0. The van der Waals surface area contributed by atoms with Crippen LogP contribution < -0.4 is 10.2 Å². The third kappa shape index (κ3) is 5.60. The highest BCUT2D eigenvalue weighted by molar-refractivity contribution is 9.11. The Hall–Kier alpha value is -1.28. The number of hydrazone groups is 1. The predicted octanol–water partition coefficient (Wildman–Crippen LogP) is 5.14. The highest BCUT2D eigenvalue weighted by atomic mass is 79.9. The van der Waals surface area contributed by atoms with Crippen molar-refractivity contribution in [3.05, 3.63) is 54.9 Å². The fourth-order valence-electron chi connectivity index (χ4n) is 1.74. The van der Waals surface area contributed by atoms with E-state index in [4.69, 9.17) is 27.9 Å². The summed E-state index contributed by atoms with van der Waals surface area (Å²) in [5.74, 6) is -0.00804. The van der Waals surface area contributed by atoms with Crippen LogP contribution in [-0.2, 0) is 4.79 Å². The molecule has 0 heterocycles. The van der Waals surface area contributed by atoms with Crippen molar-refractivity contribution in [3.63, 3.8) is 0 Å². The van der Waals surface area contributed by atoms with E-state index >= 15 is 0 Å². The first-order valence-corrected chi connectivity index (χ1v) is 9.24. The van der Waals surface area contributed by atoms with E-state index in [0.29, 0.717) is 30.3 Å². The first-order valence-electron chi connectivity index (χ1n) is 6.90. The van der Waals surface area contributed by atoms with Gasteiger partial charge in [-0.05, 0) is 74.7 Å². The molecule has 1 atom stereocenters. The zero-order chi connectivity index (χ0) is 18.6. The van der Waals surface area contributed by atoms with Gasteiger partial charge in [0.15, 0.2) is 6.10 Å². The Morgan fingerprint density at radius 2 is 1.92 bits per heavy atom. The van der Waals surface area contributed by atoms with E-state index in [0.717, 1.165) is 0 Å². The molecule has 2 aromatic rings. The minimum atomic E-state index is -0.811. The number of phenols is 1. The highest BCUT2D eigenvalue weighted by Gasteiger charge is 2.15. The zero-order valence-electron chi connectivity index (χ0n) is 12.8. The van der Waals surface area contributed by atoms with E-state index in [1.54, 1.807) is 31.2 Å². The lowest BCUT2D eigenvalue weighted by atomic mass is 10.2. The van der Waals surface area contributed by atoms with Crippen molar-refractivity contribution in [2.24, 2.45) is 5.10 Å².